The summed E-state index contributed by atoms with van der Waals surface area (Å²) in [7, 11) is 0. The van der Waals surface area contributed by atoms with E-state index >= 15 is 0 Å². The molecule has 1 aromatic carbocycles. The number of likely N-dealkylation sites (tertiary alicyclic amines) is 2. The number of carbonyl (C=O) groups excluding carboxylic acids is 2. The van der Waals surface area contributed by atoms with E-state index in [4.69, 9.17) is 11.6 Å². The van der Waals surface area contributed by atoms with Gasteiger partial charge in [-0.15, -0.1) is 0 Å². The lowest BCUT2D eigenvalue weighted by molar-refractivity contribution is -0.139. The van der Waals surface area contributed by atoms with Crippen LogP contribution in [0.2, 0.25) is 5.02 Å². The van der Waals surface area contributed by atoms with E-state index in [0.717, 1.165) is 44.3 Å². The van der Waals surface area contributed by atoms with Crippen LogP contribution in [-0.4, -0.2) is 47.8 Å². The van der Waals surface area contributed by atoms with Crippen molar-refractivity contribution >= 4 is 29.5 Å². The molecule has 0 aliphatic carbocycles. The number of rotatable bonds is 3. The highest BCUT2D eigenvalue weighted by atomic mass is 35.5. The monoisotopic (exact) mass is 374 g/mol. The quantitative estimate of drug-likeness (QED) is 0.750. The predicted molar refractivity (Wildman–Crippen MR) is 105 cm³/mol. The summed E-state index contributed by atoms with van der Waals surface area (Å²) < 4.78 is 0. The first-order valence-corrected chi connectivity index (χ1v) is 10.0. The van der Waals surface area contributed by atoms with E-state index in [9.17, 15) is 9.59 Å². The first kappa shape index (κ1) is 19.0. The molecule has 0 atom stereocenters. The Morgan fingerprint density at radius 2 is 1.58 bits per heavy atom. The SMILES string of the molecule is O=C(/C=C/c1ccccc1Cl)N1CCC(C(=O)N2CCCCCC2)CC1. The number of benzene rings is 1. The second kappa shape index (κ2) is 9.22. The zero-order valence-electron chi connectivity index (χ0n) is 15.2. The number of hydrogen-bond acceptors (Lipinski definition) is 2. The molecule has 0 unspecified atom stereocenters. The molecule has 2 saturated heterocycles. The predicted octanol–water partition coefficient (Wildman–Crippen LogP) is 3.99. The van der Waals surface area contributed by atoms with Gasteiger partial charge >= 0.3 is 0 Å². The smallest absolute Gasteiger partial charge is 0.246 e. The van der Waals surface area contributed by atoms with Crippen LogP contribution in [0.4, 0.5) is 0 Å². The van der Waals surface area contributed by atoms with Crippen LogP contribution in [0.3, 0.4) is 0 Å². The maximum absolute atomic E-state index is 12.7. The molecule has 0 spiro atoms. The van der Waals surface area contributed by atoms with Gasteiger partial charge in [0.2, 0.25) is 11.8 Å². The molecular weight excluding hydrogens is 348 g/mol. The van der Waals surface area contributed by atoms with Gasteiger partial charge in [-0.2, -0.15) is 0 Å². The molecule has 140 valence electrons. The normalized spacial score (nSPS) is 19.6. The van der Waals surface area contributed by atoms with Crippen molar-refractivity contribution in [1.82, 2.24) is 9.80 Å². The zero-order valence-corrected chi connectivity index (χ0v) is 16.0. The second-order valence-corrected chi connectivity index (χ2v) is 7.60. The summed E-state index contributed by atoms with van der Waals surface area (Å²) in [5.74, 6) is 0.362. The van der Waals surface area contributed by atoms with Gasteiger partial charge in [-0.3, -0.25) is 9.59 Å². The molecular formula is C21H27ClN2O2. The average molecular weight is 375 g/mol. The van der Waals surface area contributed by atoms with Gasteiger partial charge in [-0.05, 0) is 43.4 Å². The van der Waals surface area contributed by atoms with Gasteiger partial charge < -0.3 is 9.80 Å². The van der Waals surface area contributed by atoms with Crippen molar-refractivity contribution in [1.29, 1.82) is 0 Å². The Labute approximate surface area is 160 Å². The van der Waals surface area contributed by atoms with Gasteiger partial charge in [0.1, 0.15) is 0 Å². The summed E-state index contributed by atoms with van der Waals surface area (Å²) >= 11 is 6.11. The van der Waals surface area contributed by atoms with Crippen LogP contribution in [0.5, 0.6) is 0 Å². The van der Waals surface area contributed by atoms with E-state index in [1.165, 1.54) is 12.8 Å². The van der Waals surface area contributed by atoms with Gasteiger partial charge in [0.25, 0.3) is 0 Å². The minimum absolute atomic E-state index is 0.00871. The fourth-order valence-electron chi connectivity index (χ4n) is 3.77. The van der Waals surface area contributed by atoms with E-state index in [2.05, 4.69) is 0 Å². The Kier molecular flexibility index (Phi) is 6.73. The Balaban J connectivity index is 1.50. The Bertz CT molecular complexity index is 658. The third kappa shape index (κ3) is 4.88. The van der Waals surface area contributed by atoms with Crippen LogP contribution >= 0.6 is 11.6 Å². The van der Waals surface area contributed by atoms with E-state index in [1.807, 2.05) is 34.1 Å². The molecule has 1 aromatic rings. The Hall–Kier alpha value is -1.81. The summed E-state index contributed by atoms with van der Waals surface area (Å²) in [6.45, 7) is 3.10. The van der Waals surface area contributed by atoms with Crippen LogP contribution < -0.4 is 0 Å². The highest BCUT2D eigenvalue weighted by molar-refractivity contribution is 6.32. The van der Waals surface area contributed by atoms with Gasteiger partial charge in [-0.1, -0.05) is 42.6 Å². The first-order valence-electron chi connectivity index (χ1n) is 9.65. The number of amides is 2. The van der Waals surface area contributed by atoms with Crippen molar-refractivity contribution in [3.05, 3.63) is 40.9 Å². The standard InChI is InChI=1S/C21H27ClN2O2/c22-19-8-4-3-7-17(19)9-10-20(25)23-15-11-18(12-16-23)21(26)24-13-5-1-2-6-14-24/h3-4,7-10,18H,1-2,5-6,11-16H2/b10-9+. The summed E-state index contributed by atoms with van der Waals surface area (Å²) in [5, 5.41) is 0.637. The fraction of sp³-hybridized carbons (Fsp3) is 0.524. The number of piperidine rings is 1. The minimum atomic E-state index is -0.00871. The third-order valence-electron chi connectivity index (χ3n) is 5.38. The Morgan fingerprint density at radius 1 is 0.923 bits per heavy atom. The van der Waals surface area contributed by atoms with E-state index in [-0.39, 0.29) is 11.8 Å². The lowest BCUT2D eigenvalue weighted by atomic mass is 9.95. The molecule has 4 nitrogen and oxygen atoms in total. The van der Waals surface area contributed by atoms with Crippen molar-refractivity contribution in [2.24, 2.45) is 5.92 Å². The summed E-state index contributed by atoms with van der Waals surface area (Å²) in [4.78, 5) is 29.0. The highest BCUT2D eigenvalue weighted by Crippen LogP contribution is 2.22. The maximum atomic E-state index is 12.7. The van der Waals surface area contributed by atoms with Crippen molar-refractivity contribution in [3.8, 4) is 0 Å². The van der Waals surface area contributed by atoms with Crippen LogP contribution in [-0.2, 0) is 9.59 Å². The fourth-order valence-corrected chi connectivity index (χ4v) is 3.97. The van der Waals surface area contributed by atoms with Crippen molar-refractivity contribution in [3.63, 3.8) is 0 Å². The van der Waals surface area contributed by atoms with E-state index in [0.29, 0.717) is 24.0 Å². The number of hydrogen-bond donors (Lipinski definition) is 0. The summed E-state index contributed by atoms with van der Waals surface area (Å²) in [6.07, 6.45) is 9.58. The molecule has 2 heterocycles. The molecule has 3 rings (SSSR count). The molecule has 0 aromatic heterocycles. The molecule has 0 saturated carbocycles. The van der Waals surface area contributed by atoms with Gasteiger partial charge in [0.05, 0.1) is 0 Å². The van der Waals surface area contributed by atoms with Crippen molar-refractivity contribution in [2.75, 3.05) is 26.2 Å². The first-order chi connectivity index (χ1) is 12.6. The van der Waals surface area contributed by atoms with Gasteiger partial charge in [0, 0.05) is 43.2 Å². The van der Waals surface area contributed by atoms with Crippen LogP contribution in [0.25, 0.3) is 6.08 Å². The van der Waals surface area contributed by atoms with E-state index in [1.54, 1.807) is 12.2 Å². The number of nitrogens with zero attached hydrogens (tertiary/aromatic N) is 2. The largest absolute Gasteiger partial charge is 0.342 e. The Morgan fingerprint density at radius 3 is 2.23 bits per heavy atom. The van der Waals surface area contributed by atoms with Crippen LogP contribution in [0.1, 0.15) is 44.1 Å². The lowest BCUT2D eigenvalue weighted by Gasteiger charge is -2.33. The highest BCUT2D eigenvalue weighted by Gasteiger charge is 2.29. The summed E-state index contributed by atoms with van der Waals surface area (Å²) in [6, 6.07) is 7.47. The molecule has 5 heteroatoms. The maximum Gasteiger partial charge on any atom is 0.246 e. The zero-order chi connectivity index (χ0) is 18.4. The second-order valence-electron chi connectivity index (χ2n) is 7.19. The lowest BCUT2D eigenvalue weighted by Crippen LogP contribution is -2.44. The summed E-state index contributed by atoms with van der Waals surface area (Å²) in [5.41, 5.74) is 0.841. The average Bonchev–Trinajstić information content (AvgIpc) is 2.96. The number of halogens is 1. The van der Waals surface area contributed by atoms with Gasteiger partial charge in [0.15, 0.2) is 0 Å². The van der Waals surface area contributed by atoms with Gasteiger partial charge in [-0.25, -0.2) is 0 Å². The molecule has 26 heavy (non-hydrogen) atoms. The third-order valence-corrected chi connectivity index (χ3v) is 5.73. The molecule has 2 aliphatic rings. The molecule has 0 bridgehead atoms. The number of carbonyl (C=O) groups is 2. The minimum Gasteiger partial charge on any atom is -0.342 e. The van der Waals surface area contributed by atoms with Crippen LogP contribution in [0, 0.1) is 5.92 Å². The molecule has 0 radical (unpaired) electrons. The molecule has 2 fully saturated rings. The molecule has 2 amide bonds. The topological polar surface area (TPSA) is 40.6 Å². The molecule has 2 aliphatic heterocycles. The molecule has 0 N–H and O–H groups in total. The van der Waals surface area contributed by atoms with Crippen molar-refractivity contribution in [2.45, 2.75) is 38.5 Å². The van der Waals surface area contributed by atoms with Crippen molar-refractivity contribution < 1.29 is 9.59 Å². The van der Waals surface area contributed by atoms with Crippen LogP contribution in [0.15, 0.2) is 30.3 Å². The van der Waals surface area contributed by atoms with E-state index < -0.39 is 0 Å².